The number of rotatable bonds is 5. The average molecular weight is 382 g/mol. The number of Topliss-reactive ketones (excluding diaryl/α,β-unsaturated/α-hetero) is 1. The van der Waals surface area contributed by atoms with Crippen molar-refractivity contribution < 1.29 is 23.9 Å². The maximum Gasteiger partial charge on any atom is 0.326 e. The number of ether oxygens (including phenoxy) is 1. The van der Waals surface area contributed by atoms with Gasteiger partial charge in [0.2, 0.25) is 17.6 Å². The summed E-state index contributed by atoms with van der Waals surface area (Å²) in [6.07, 6.45) is 3.81. The first-order valence-corrected chi connectivity index (χ1v) is 9.62. The summed E-state index contributed by atoms with van der Waals surface area (Å²) in [4.78, 5) is 53.9. The van der Waals surface area contributed by atoms with E-state index < -0.39 is 18.6 Å². The highest BCUT2D eigenvalue weighted by Gasteiger charge is 2.48. The number of hydrogen-bond acceptors (Lipinski definition) is 5. The van der Waals surface area contributed by atoms with Gasteiger partial charge < -0.3 is 9.72 Å². The summed E-state index contributed by atoms with van der Waals surface area (Å²) in [7, 11) is 0. The number of ketones is 1. The van der Waals surface area contributed by atoms with Gasteiger partial charge in [0, 0.05) is 22.7 Å². The molecular weight excluding hydrogens is 360 g/mol. The second kappa shape index (κ2) is 7.22. The number of likely N-dealkylation sites (tertiary alicyclic amines) is 1. The Kier molecular flexibility index (Phi) is 4.75. The molecule has 2 amide bonds. The van der Waals surface area contributed by atoms with Crippen LogP contribution in [0.2, 0.25) is 0 Å². The molecule has 7 heteroatoms. The molecule has 1 saturated carbocycles. The average Bonchev–Trinajstić information content (AvgIpc) is 3.23. The summed E-state index contributed by atoms with van der Waals surface area (Å²) in [6, 6.07) is 7.36. The smallest absolute Gasteiger partial charge is 0.326 e. The Bertz CT molecular complexity index is 939. The van der Waals surface area contributed by atoms with Gasteiger partial charge in [-0.2, -0.15) is 0 Å². The molecule has 7 nitrogen and oxygen atoms in total. The number of carbonyl (C=O) groups is 4. The van der Waals surface area contributed by atoms with Crippen LogP contribution >= 0.6 is 0 Å². The number of nitrogens with one attached hydrogen (secondary N) is 1. The molecule has 1 aromatic heterocycles. The topological polar surface area (TPSA) is 96.5 Å². The molecule has 4 rings (SSSR count). The van der Waals surface area contributed by atoms with E-state index in [9.17, 15) is 19.2 Å². The van der Waals surface area contributed by atoms with Crippen molar-refractivity contribution in [2.75, 3.05) is 6.54 Å². The molecule has 1 aromatic carbocycles. The molecule has 0 unspecified atom stereocenters. The van der Waals surface area contributed by atoms with Gasteiger partial charge in [-0.05, 0) is 25.8 Å². The highest BCUT2D eigenvalue weighted by Crippen LogP contribution is 2.37. The van der Waals surface area contributed by atoms with Crippen LogP contribution in [0.25, 0.3) is 10.9 Å². The van der Waals surface area contributed by atoms with Gasteiger partial charge in [0.05, 0.1) is 11.8 Å². The fraction of sp³-hybridized carbons (Fsp3) is 0.429. The van der Waals surface area contributed by atoms with E-state index in [-0.39, 0.29) is 29.4 Å². The summed E-state index contributed by atoms with van der Waals surface area (Å²) in [6.45, 7) is 1.06. The zero-order valence-corrected chi connectivity index (χ0v) is 15.6. The quantitative estimate of drug-likeness (QED) is 0.487. The van der Waals surface area contributed by atoms with E-state index in [1.807, 2.05) is 24.3 Å². The summed E-state index contributed by atoms with van der Waals surface area (Å²) in [5.41, 5.74) is 1.26. The number of imide groups is 1. The van der Waals surface area contributed by atoms with Gasteiger partial charge in [0.25, 0.3) is 0 Å². The van der Waals surface area contributed by atoms with Crippen molar-refractivity contribution in [3.63, 3.8) is 0 Å². The van der Waals surface area contributed by atoms with Crippen LogP contribution in [-0.4, -0.2) is 46.1 Å². The van der Waals surface area contributed by atoms with Crippen LogP contribution in [0.1, 0.15) is 43.0 Å². The standard InChI is InChI=1S/C21H22N2O5/c1-12(19(25)16-10-22-17-9-5-4-6-13(16)17)28-18(24)11-23-20(26)14-7-2-3-8-15(14)21(23)27/h4-6,9-10,12,14-15,22H,2-3,7-8,11H2,1H3/t12-,14-,15+/m1/s1. The van der Waals surface area contributed by atoms with Crippen molar-refractivity contribution in [2.45, 2.75) is 38.7 Å². The van der Waals surface area contributed by atoms with Gasteiger partial charge in [-0.3, -0.25) is 24.1 Å². The lowest BCUT2D eigenvalue weighted by atomic mass is 9.81. The molecule has 2 heterocycles. The summed E-state index contributed by atoms with van der Waals surface area (Å²) >= 11 is 0. The third kappa shape index (κ3) is 3.10. The monoisotopic (exact) mass is 382 g/mol. The summed E-state index contributed by atoms with van der Waals surface area (Å²) in [5.74, 6) is -2.28. The van der Waals surface area contributed by atoms with Crippen molar-refractivity contribution in [3.8, 4) is 0 Å². The number of esters is 1. The lowest BCUT2D eigenvalue weighted by molar-refractivity contribution is -0.154. The van der Waals surface area contributed by atoms with E-state index in [0.29, 0.717) is 18.4 Å². The number of carbonyl (C=O) groups excluding carboxylic acids is 4. The van der Waals surface area contributed by atoms with Gasteiger partial charge in [-0.1, -0.05) is 31.0 Å². The molecule has 0 radical (unpaired) electrons. The van der Waals surface area contributed by atoms with Crippen LogP contribution in [0.3, 0.4) is 0 Å². The van der Waals surface area contributed by atoms with Crippen molar-refractivity contribution >= 4 is 34.5 Å². The maximum absolute atomic E-state index is 12.7. The SMILES string of the molecule is C[C@@H](OC(=O)CN1C(=O)[C@H]2CCCC[C@H]2C1=O)C(=O)c1c[nH]c2ccccc12. The zero-order valence-electron chi connectivity index (χ0n) is 15.6. The Balaban J connectivity index is 1.41. The molecule has 0 bridgehead atoms. The maximum atomic E-state index is 12.7. The molecule has 146 valence electrons. The first kappa shape index (κ1) is 18.4. The molecule has 2 fully saturated rings. The Morgan fingerprint density at radius 1 is 1.14 bits per heavy atom. The Morgan fingerprint density at radius 2 is 1.79 bits per heavy atom. The number of hydrogen-bond donors (Lipinski definition) is 1. The van der Waals surface area contributed by atoms with Crippen LogP contribution in [0.4, 0.5) is 0 Å². The van der Waals surface area contributed by atoms with E-state index in [2.05, 4.69) is 4.98 Å². The first-order valence-electron chi connectivity index (χ1n) is 9.62. The Morgan fingerprint density at radius 3 is 2.46 bits per heavy atom. The predicted octanol–water partition coefficient (Wildman–Crippen LogP) is 2.46. The van der Waals surface area contributed by atoms with Crippen molar-refractivity contribution in [1.82, 2.24) is 9.88 Å². The number of para-hydroxylation sites is 1. The number of nitrogens with zero attached hydrogens (tertiary/aromatic N) is 1. The second-order valence-electron chi connectivity index (χ2n) is 7.50. The van der Waals surface area contributed by atoms with Crippen LogP contribution in [0.15, 0.2) is 30.5 Å². The third-order valence-electron chi connectivity index (χ3n) is 5.75. The largest absolute Gasteiger partial charge is 0.453 e. The van der Waals surface area contributed by atoms with Gasteiger partial charge in [-0.15, -0.1) is 0 Å². The molecule has 1 saturated heterocycles. The third-order valence-corrected chi connectivity index (χ3v) is 5.75. The molecule has 1 N–H and O–H groups in total. The molecule has 2 aliphatic rings. The van der Waals surface area contributed by atoms with Gasteiger partial charge in [0.15, 0.2) is 6.10 Å². The molecule has 28 heavy (non-hydrogen) atoms. The Labute approximate surface area is 162 Å². The summed E-state index contributed by atoms with van der Waals surface area (Å²) in [5, 5.41) is 0.754. The fourth-order valence-corrected chi connectivity index (χ4v) is 4.30. The molecule has 1 aliphatic carbocycles. The first-order chi connectivity index (χ1) is 13.5. The van der Waals surface area contributed by atoms with Gasteiger partial charge in [-0.25, -0.2) is 0 Å². The van der Waals surface area contributed by atoms with Gasteiger partial charge >= 0.3 is 5.97 Å². The minimum absolute atomic E-state index is 0.290. The van der Waals surface area contributed by atoms with Gasteiger partial charge in [0.1, 0.15) is 6.54 Å². The van der Waals surface area contributed by atoms with Crippen molar-refractivity contribution in [2.24, 2.45) is 11.8 Å². The number of aromatic amines is 1. The molecule has 2 aromatic rings. The predicted molar refractivity (Wildman–Crippen MR) is 100 cm³/mol. The second-order valence-corrected chi connectivity index (χ2v) is 7.50. The van der Waals surface area contributed by atoms with Crippen molar-refractivity contribution in [1.29, 1.82) is 0 Å². The Hall–Kier alpha value is -2.96. The van der Waals surface area contributed by atoms with E-state index in [0.717, 1.165) is 28.6 Å². The lowest BCUT2D eigenvalue weighted by Crippen LogP contribution is -2.38. The fourth-order valence-electron chi connectivity index (χ4n) is 4.30. The molecule has 1 aliphatic heterocycles. The number of aromatic nitrogens is 1. The summed E-state index contributed by atoms with van der Waals surface area (Å²) < 4.78 is 5.25. The minimum Gasteiger partial charge on any atom is -0.453 e. The highest BCUT2D eigenvalue weighted by atomic mass is 16.5. The van der Waals surface area contributed by atoms with E-state index in [1.165, 1.54) is 6.92 Å². The van der Waals surface area contributed by atoms with Crippen LogP contribution in [0.5, 0.6) is 0 Å². The van der Waals surface area contributed by atoms with E-state index in [1.54, 1.807) is 6.20 Å². The number of benzene rings is 1. The normalized spacial score (nSPS) is 23.0. The number of amides is 2. The minimum atomic E-state index is -1.01. The van der Waals surface area contributed by atoms with Crippen LogP contribution in [-0.2, 0) is 19.1 Å². The van der Waals surface area contributed by atoms with E-state index >= 15 is 0 Å². The van der Waals surface area contributed by atoms with Crippen LogP contribution < -0.4 is 0 Å². The number of H-pyrrole nitrogens is 1. The van der Waals surface area contributed by atoms with E-state index in [4.69, 9.17) is 4.74 Å². The molecule has 3 atom stereocenters. The zero-order chi connectivity index (χ0) is 19.8. The van der Waals surface area contributed by atoms with Crippen molar-refractivity contribution in [3.05, 3.63) is 36.0 Å². The molecule has 0 spiro atoms. The van der Waals surface area contributed by atoms with Crippen LogP contribution in [0, 0.1) is 11.8 Å². The number of fused-ring (bicyclic) bond motifs is 2. The molecular formula is C21H22N2O5. The highest BCUT2D eigenvalue weighted by molar-refractivity contribution is 6.10. The lowest BCUT2D eigenvalue weighted by Gasteiger charge is -2.19.